The van der Waals surface area contributed by atoms with E-state index in [9.17, 15) is 10.0 Å². The molecule has 1 aliphatic heterocycles. The minimum absolute atomic E-state index is 0.560. The van der Waals surface area contributed by atoms with E-state index in [1.165, 1.54) is 0 Å². The molecular formula is C14H23BN2O2. The van der Waals surface area contributed by atoms with Crippen molar-refractivity contribution in [3.8, 4) is 0 Å². The molecule has 1 fully saturated rings. The van der Waals surface area contributed by atoms with Crippen molar-refractivity contribution in [1.82, 2.24) is 9.80 Å². The van der Waals surface area contributed by atoms with Gasteiger partial charge in [0.2, 0.25) is 0 Å². The molecule has 0 bridgehead atoms. The van der Waals surface area contributed by atoms with Crippen LogP contribution in [0, 0.1) is 0 Å². The Morgan fingerprint density at radius 3 is 2.63 bits per heavy atom. The fourth-order valence-corrected chi connectivity index (χ4v) is 2.86. The van der Waals surface area contributed by atoms with Crippen LogP contribution in [-0.4, -0.2) is 59.2 Å². The molecule has 1 aromatic rings. The minimum atomic E-state index is -1.38. The molecule has 2 rings (SSSR count). The molecule has 1 atom stereocenters. The molecule has 0 amide bonds. The summed E-state index contributed by atoms with van der Waals surface area (Å²) in [5.74, 6) is 0. The van der Waals surface area contributed by atoms with Gasteiger partial charge in [-0.15, -0.1) is 0 Å². The van der Waals surface area contributed by atoms with Gasteiger partial charge in [0.05, 0.1) is 0 Å². The van der Waals surface area contributed by atoms with Crippen LogP contribution >= 0.6 is 0 Å². The summed E-state index contributed by atoms with van der Waals surface area (Å²) < 4.78 is 0. The topological polar surface area (TPSA) is 46.9 Å². The fourth-order valence-electron chi connectivity index (χ4n) is 2.86. The number of benzene rings is 1. The first-order chi connectivity index (χ1) is 9.11. The molecule has 4 nitrogen and oxygen atoms in total. The van der Waals surface area contributed by atoms with Crippen LogP contribution in [0.25, 0.3) is 0 Å². The van der Waals surface area contributed by atoms with Crippen molar-refractivity contribution >= 4 is 12.6 Å². The van der Waals surface area contributed by atoms with Gasteiger partial charge in [0.1, 0.15) is 0 Å². The second-order valence-corrected chi connectivity index (χ2v) is 5.29. The highest BCUT2D eigenvalue weighted by Crippen LogP contribution is 2.12. The molecule has 104 valence electrons. The monoisotopic (exact) mass is 262 g/mol. The standard InChI is InChI=1S/C14H23BN2O2/c1-3-17-9-8-16(10-12(17)2)11-13-6-4-5-7-14(13)15(18)19/h4-7,12,18-19H,3,8-11H2,1-2H3. The molecule has 1 saturated heterocycles. The maximum absolute atomic E-state index is 9.39. The van der Waals surface area contributed by atoms with Gasteiger partial charge >= 0.3 is 7.12 Å². The van der Waals surface area contributed by atoms with Gasteiger partial charge < -0.3 is 10.0 Å². The van der Waals surface area contributed by atoms with Gasteiger partial charge in [-0.05, 0) is 24.5 Å². The van der Waals surface area contributed by atoms with E-state index in [1.807, 2.05) is 18.2 Å². The molecule has 0 aromatic heterocycles. The van der Waals surface area contributed by atoms with Crippen LogP contribution in [0.15, 0.2) is 24.3 Å². The Morgan fingerprint density at radius 1 is 1.26 bits per heavy atom. The lowest BCUT2D eigenvalue weighted by molar-refractivity contribution is 0.0836. The molecule has 0 spiro atoms. The maximum Gasteiger partial charge on any atom is 0.488 e. The van der Waals surface area contributed by atoms with Gasteiger partial charge in [-0.2, -0.15) is 0 Å². The van der Waals surface area contributed by atoms with Crippen LogP contribution in [-0.2, 0) is 6.54 Å². The van der Waals surface area contributed by atoms with Crippen molar-refractivity contribution < 1.29 is 10.0 Å². The zero-order valence-corrected chi connectivity index (χ0v) is 11.8. The lowest BCUT2D eigenvalue weighted by Crippen LogP contribution is -2.51. The van der Waals surface area contributed by atoms with Crippen LogP contribution in [0.5, 0.6) is 0 Å². The van der Waals surface area contributed by atoms with Crippen LogP contribution in [0.2, 0.25) is 0 Å². The van der Waals surface area contributed by atoms with Crippen molar-refractivity contribution in [2.45, 2.75) is 26.4 Å². The zero-order chi connectivity index (χ0) is 13.8. The van der Waals surface area contributed by atoms with Gasteiger partial charge in [0.25, 0.3) is 0 Å². The Hall–Kier alpha value is -0.875. The molecular weight excluding hydrogens is 239 g/mol. The van der Waals surface area contributed by atoms with E-state index in [1.54, 1.807) is 6.07 Å². The highest BCUT2D eigenvalue weighted by Gasteiger charge is 2.24. The van der Waals surface area contributed by atoms with E-state index in [4.69, 9.17) is 0 Å². The van der Waals surface area contributed by atoms with Crippen LogP contribution < -0.4 is 5.46 Å². The van der Waals surface area contributed by atoms with E-state index in [0.29, 0.717) is 11.5 Å². The van der Waals surface area contributed by atoms with Crippen molar-refractivity contribution in [3.05, 3.63) is 29.8 Å². The third-order valence-corrected chi connectivity index (χ3v) is 3.98. The van der Waals surface area contributed by atoms with Gasteiger partial charge in [0.15, 0.2) is 0 Å². The molecule has 1 unspecified atom stereocenters. The Kier molecular flexibility index (Phi) is 4.99. The smallest absolute Gasteiger partial charge is 0.423 e. The second-order valence-electron chi connectivity index (χ2n) is 5.29. The lowest BCUT2D eigenvalue weighted by Gasteiger charge is -2.39. The SMILES string of the molecule is CCN1CCN(Cc2ccccc2B(O)O)CC1C. The lowest BCUT2D eigenvalue weighted by atomic mass is 9.77. The molecule has 19 heavy (non-hydrogen) atoms. The summed E-state index contributed by atoms with van der Waals surface area (Å²) in [6, 6.07) is 8.12. The fraction of sp³-hybridized carbons (Fsp3) is 0.571. The van der Waals surface area contributed by atoms with Crippen LogP contribution in [0.4, 0.5) is 0 Å². The van der Waals surface area contributed by atoms with Crippen molar-refractivity contribution in [2.75, 3.05) is 26.2 Å². The largest absolute Gasteiger partial charge is 0.488 e. The quantitative estimate of drug-likeness (QED) is 0.743. The summed E-state index contributed by atoms with van der Waals surface area (Å²) in [5.41, 5.74) is 1.63. The molecule has 0 radical (unpaired) electrons. The number of rotatable bonds is 4. The van der Waals surface area contributed by atoms with E-state index >= 15 is 0 Å². The third-order valence-electron chi connectivity index (χ3n) is 3.98. The second kappa shape index (κ2) is 6.52. The summed E-state index contributed by atoms with van der Waals surface area (Å²) in [5, 5.41) is 18.8. The first kappa shape index (κ1) is 14.5. The van der Waals surface area contributed by atoms with E-state index < -0.39 is 7.12 Å². The molecule has 0 saturated carbocycles. The van der Waals surface area contributed by atoms with E-state index in [-0.39, 0.29) is 0 Å². The average molecular weight is 262 g/mol. The Bertz CT molecular complexity index is 414. The predicted octanol–water partition coefficient (Wildman–Crippen LogP) is -0.108. The molecule has 1 heterocycles. The third kappa shape index (κ3) is 3.57. The van der Waals surface area contributed by atoms with Crippen molar-refractivity contribution in [2.24, 2.45) is 0 Å². The molecule has 1 aliphatic rings. The van der Waals surface area contributed by atoms with Crippen molar-refractivity contribution in [1.29, 1.82) is 0 Å². The number of likely N-dealkylation sites (N-methyl/N-ethyl adjacent to an activating group) is 1. The average Bonchev–Trinajstić information content (AvgIpc) is 2.39. The summed E-state index contributed by atoms with van der Waals surface area (Å²) in [6.07, 6.45) is 0. The highest BCUT2D eigenvalue weighted by atomic mass is 16.4. The molecule has 0 aliphatic carbocycles. The van der Waals surface area contributed by atoms with E-state index in [2.05, 4.69) is 23.6 Å². The summed E-state index contributed by atoms with van der Waals surface area (Å²) in [7, 11) is -1.38. The Labute approximate surface area is 115 Å². The van der Waals surface area contributed by atoms with Gasteiger partial charge in [-0.1, -0.05) is 31.2 Å². The summed E-state index contributed by atoms with van der Waals surface area (Å²) in [6.45, 7) is 9.49. The number of hydrogen-bond acceptors (Lipinski definition) is 4. The zero-order valence-electron chi connectivity index (χ0n) is 11.8. The first-order valence-corrected chi connectivity index (χ1v) is 7.02. The Morgan fingerprint density at radius 2 is 2.00 bits per heavy atom. The van der Waals surface area contributed by atoms with Crippen LogP contribution in [0.3, 0.4) is 0 Å². The van der Waals surface area contributed by atoms with Gasteiger partial charge in [0, 0.05) is 32.2 Å². The highest BCUT2D eigenvalue weighted by molar-refractivity contribution is 6.59. The molecule has 5 heteroatoms. The number of nitrogens with zero attached hydrogens (tertiary/aromatic N) is 2. The number of hydrogen-bond donors (Lipinski definition) is 2. The Balaban J connectivity index is 2.02. The van der Waals surface area contributed by atoms with E-state index in [0.717, 1.165) is 38.3 Å². The number of piperazine rings is 1. The molecule has 2 N–H and O–H groups in total. The minimum Gasteiger partial charge on any atom is -0.423 e. The normalized spacial score (nSPS) is 21.6. The predicted molar refractivity (Wildman–Crippen MR) is 78.3 cm³/mol. The van der Waals surface area contributed by atoms with Crippen molar-refractivity contribution in [3.63, 3.8) is 0 Å². The van der Waals surface area contributed by atoms with Crippen LogP contribution in [0.1, 0.15) is 19.4 Å². The summed E-state index contributed by atoms with van der Waals surface area (Å²) >= 11 is 0. The van der Waals surface area contributed by atoms with Gasteiger partial charge in [-0.25, -0.2) is 0 Å². The summed E-state index contributed by atoms with van der Waals surface area (Å²) in [4.78, 5) is 4.86. The maximum atomic E-state index is 9.39. The van der Waals surface area contributed by atoms with Gasteiger partial charge in [-0.3, -0.25) is 9.80 Å². The molecule has 1 aromatic carbocycles. The first-order valence-electron chi connectivity index (χ1n) is 7.02.